The Morgan fingerprint density at radius 3 is 2.97 bits per heavy atom. The molecule has 0 bridgehead atoms. The van der Waals surface area contributed by atoms with E-state index in [2.05, 4.69) is 27.0 Å². The van der Waals surface area contributed by atoms with E-state index in [-0.39, 0.29) is 11.9 Å². The van der Waals surface area contributed by atoms with Crippen molar-refractivity contribution >= 4 is 11.0 Å². The minimum Gasteiger partial charge on any atom is -0.486 e. The van der Waals surface area contributed by atoms with Gasteiger partial charge in [-0.15, -0.1) is 0 Å². The Kier molecular flexibility index (Phi) is 6.52. The first-order valence-electron chi connectivity index (χ1n) is 11.9. The molecule has 1 saturated heterocycles. The van der Waals surface area contributed by atoms with Crippen LogP contribution in [0.25, 0.3) is 11.0 Å². The van der Waals surface area contributed by atoms with Gasteiger partial charge in [-0.1, -0.05) is 6.07 Å². The monoisotopic (exact) mass is 466 g/mol. The number of nitrogens with two attached hydrogens (primary N) is 1. The topological polar surface area (TPSA) is 82.7 Å². The van der Waals surface area contributed by atoms with Gasteiger partial charge in [-0.2, -0.15) is 0 Å². The van der Waals surface area contributed by atoms with Crippen LogP contribution in [0.2, 0.25) is 0 Å². The zero-order valence-corrected chi connectivity index (χ0v) is 19.7. The first kappa shape index (κ1) is 22.8. The lowest BCUT2D eigenvalue weighted by atomic mass is 9.92. The molecule has 34 heavy (non-hydrogen) atoms. The van der Waals surface area contributed by atoms with Crippen molar-refractivity contribution in [3.63, 3.8) is 0 Å². The first-order chi connectivity index (χ1) is 16.5. The third-order valence-electron chi connectivity index (χ3n) is 6.90. The van der Waals surface area contributed by atoms with Crippen LogP contribution in [0, 0.1) is 18.7 Å². The normalized spacial score (nSPS) is 18.9. The van der Waals surface area contributed by atoms with Crippen LogP contribution in [-0.2, 0) is 12.8 Å². The van der Waals surface area contributed by atoms with E-state index in [1.54, 1.807) is 13.2 Å². The van der Waals surface area contributed by atoms with Crippen LogP contribution >= 0.6 is 0 Å². The van der Waals surface area contributed by atoms with Crippen LogP contribution in [-0.4, -0.2) is 60.9 Å². The number of benzene rings is 1. The third-order valence-corrected chi connectivity index (χ3v) is 6.90. The number of fused-ring (bicyclic) bond motifs is 2. The van der Waals surface area contributed by atoms with Gasteiger partial charge in [0.25, 0.3) is 0 Å². The summed E-state index contributed by atoms with van der Waals surface area (Å²) in [4.78, 5) is 11.0. The highest BCUT2D eigenvalue weighted by Gasteiger charge is 2.28. The second-order valence-electron chi connectivity index (χ2n) is 9.21. The lowest BCUT2D eigenvalue weighted by Gasteiger charge is -2.24. The Hall–Kier alpha value is -2.97. The summed E-state index contributed by atoms with van der Waals surface area (Å²) in [5, 5.41) is 0. The Morgan fingerprint density at radius 1 is 1.26 bits per heavy atom. The second-order valence-corrected chi connectivity index (χ2v) is 9.21. The number of aromatic nitrogens is 2. The lowest BCUT2D eigenvalue weighted by molar-refractivity contribution is 0.170. The average molecular weight is 467 g/mol. The molecule has 7 nitrogen and oxygen atoms in total. The molecule has 4 heterocycles. The summed E-state index contributed by atoms with van der Waals surface area (Å²) in [5.74, 6) is 2.19. The van der Waals surface area contributed by atoms with E-state index in [0.717, 1.165) is 49.5 Å². The number of likely N-dealkylation sites (tertiary alicyclic amines) is 1. The van der Waals surface area contributed by atoms with Crippen molar-refractivity contribution in [3.05, 3.63) is 53.0 Å². The molecular formula is C26H31FN4O3. The Bertz CT molecular complexity index is 1190. The van der Waals surface area contributed by atoms with Crippen LogP contribution in [0.5, 0.6) is 17.4 Å². The fourth-order valence-electron chi connectivity index (χ4n) is 5.07. The molecule has 0 aliphatic carbocycles. The minimum absolute atomic E-state index is 0.0522. The number of pyridine rings is 2. The number of hydrogen-bond acceptors (Lipinski definition) is 7. The molecule has 1 fully saturated rings. The summed E-state index contributed by atoms with van der Waals surface area (Å²) in [6.07, 6.45) is 3.68. The maximum absolute atomic E-state index is 14.6. The van der Waals surface area contributed by atoms with Gasteiger partial charge in [0.2, 0.25) is 5.88 Å². The van der Waals surface area contributed by atoms with Gasteiger partial charge >= 0.3 is 0 Å². The number of hydrogen-bond donors (Lipinski definition) is 1. The van der Waals surface area contributed by atoms with Crippen molar-refractivity contribution in [1.29, 1.82) is 0 Å². The molecule has 0 radical (unpaired) electrons. The predicted octanol–water partition coefficient (Wildman–Crippen LogP) is 3.29. The largest absolute Gasteiger partial charge is 0.486 e. The lowest BCUT2D eigenvalue weighted by Crippen LogP contribution is -2.35. The van der Waals surface area contributed by atoms with Gasteiger partial charge in [-0.05, 0) is 61.9 Å². The number of aryl methyl sites for hydroxylation is 1. The van der Waals surface area contributed by atoms with E-state index in [0.29, 0.717) is 48.0 Å². The third kappa shape index (κ3) is 4.65. The van der Waals surface area contributed by atoms with Crippen LogP contribution in [0.15, 0.2) is 30.5 Å². The number of rotatable bonds is 7. The smallest absolute Gasteiger partial charge is 0.213 e. The molecular weight excluding hydrogens is 435 g/mol. The predicted molar refractivity (Wildman–Crippen MR) is 128 cm³/mol. The molecule has 0 saturated carbocycles. The van der Waals surface area contributed by atoms with E-state index in [4.69, 9.17) is 19.9 Å². The van der Waals surface area contributed by atoms with E-state index in [1.807, 2.05) is 13.0 Å². The minimum atomic E-state index is -0.324. The summed E-state index contributed by atoms with van der Waals surface area (Å²) in [7, 11) is 1.56. The van der Waals surface area contributed by atoms with Crippen LogP contribution in [0.3, 0.4) is 0 Å². The molecule has 3 aromatic rings. The molecule has 2 aliphatic rings. The SMILES string of the molecule is COc1ccc2ncc(F)c(CCN3CC[C@H](C(N)Cc4cc(C)c5c(c4)OCCO5)C3)c2n1. The molecule has 2 N–H and O–H groups in total. The Morgan fingerprint density at radius 2 is 2.12 bits per heavy atom. The summed E-state index contributed by atoms with van der Waals surface area (Å²) in [6, 6.07) is 7.82. The molecule has 1 unspecified atom stereocenters. The maximum atomic E-state index is 14.6. The Balaban J connectivity index is 1.21. The second kappa shape index (κ2) is 9.72. The number of halogens is 1. The molecule has 0 amide bonds. The van der Waals surface area contributed by atoms with Crippen molar-refractivity contribution in [1.82, 2.24) is 14.9 Å². The quantitative estimate of drug-likeness (QED) is 0.572. The van der Waals surface area contributed by atoms with Crippen LogP contribution in [0.1, 0.15) is 23.1 Å². The molecule has 5 rings (SSSR count). The highest BCUT2D eigenvalue weighted by atomic mass is 19.1. The van der Waals surface area contributed by atoms with Gasteiger partial charge in [0, 0.05) is 30.8 Å². The van der Waals surface area contributed by atoms with Crippen molar-refractivity contribution in [2.24, 2.45) is 11.7 Å². The molecule has 2 atom stereocenters. The van der Waals surface area contributed by atoms with E-state index in [9.17, 15) is 4.39 Å². The highest BCUT2D eigenvalue weighted by Crippen LogP contribution is 2.35. The van der Waals surface area contributed by atoms with Gasteiger partial charge < -0.3 is 24.8 Å². The van der Waals surface area contributed by atoms with Crippen molar-refractivity contribution in [2.75, 3.05) is 40.0 Å². The zero-order valence-electron chi connectivity index (χ0n) is 19.7. The Labute approximate surface area is 199 Å². The molecule has 2 aliphatic heterocycles. The standard InChI is InChI=1S/C26H31FN4O3/c1-16-11-17(13-23-26(16)34-10-9-33-23)12-21(28)18-5-7-31(15-18)8-6-19-20(27)14-29-22-3-4-24(32-2)30-25(19)22/h3-4,11,13-14,18,21H,5-10,12,15,28H2,1-2H3/t18-,21?/m0/s1. The van der Waals surface area contributed by atoms with Gasteiger partial charge in [0.05, 0.1) is 24.3 Å². The van der Waals surface area contributed by atoms with Crippen molar-refractivity contribution in [2.45, 2.75) is 32.2 Å². The summed E-state index contributed by atoms with van der Waals surface area (Å²) < 4.78 is 31.4. The van der Waals surface area contributed by atoms with Gasteiger partial charge in [0.1, 0.15) is 19.0 Å². The van der Waals surface area contributed by atoms with Crippen molar-refractivity contribution < 1.29 is 18.6 Å². The highest BCUT2D eigenvalue weighted by molar-refractivity contribution is 5.78. The number of ether oxygens (including phenoxy) is 3. The fourth-order valence-corrected chi connectivity index (χ4v) is 5.07. The summed E-state index contributed by atoms with van der Waals surface area (Å²) >= 11 is 0. The van der Waals surface area contributed by atoms with E-state index in [1.165, 1.54) is 11.8 Å². The van der Waals surface area contributed by atoms with Gasteiger partial charge in [0.15, 0.2) is 11.5 Å². The molecule has 8 heteroatoms. The summed E-state index contributed by atoms with van der Waals surface area (Å²) in [6.45, 7) is 5.84. The number of methoxy groups -OCH3 is 1. The first-order valence-corrected chi connectivity index (χ1v) is 11.9. The molecule has 180 valence electrons. The van der Waals surface area contributed by atoms with Crippen LogP contribution < -0.4 is 19.9 Å². The fraction of sp³-hybridized carbons (Fsp3) is 0.462. The van der Waals surface area contributed by atoms with Gasteiger partial charge in [-0.3, -0.25) is 4.98 Å². The van der Waals surface area contributed by atoms with Gasteiger partial charge in [-0.25, -0.2) is 9.37 Å². The van der Waals surface area contributed by atoms with Crippen molar-refractivity contribution in [3.8, 4) is 17.4 Å². The van der Waals surface area contributed by atoms with E-state index >= 15 is 0 Å². The number of nitrogens with zero attached hydrogens (tertiary/aromatic N) is 3. The molecule has 1 aromatic carbocycles. The average Bonchev–Trinajstić information content (AvgIpc) is 3.32. The summed E-state index contributed by atoms with van der Waals surface area (Å²) in [5.41, 5.74) is 10.7. The molecule has 2 aromatic heterocycles. The molecule has 0 spiro atoms. The zero-order chi connectivity index (χ0) is 23.7. The van der Waals surface area contributed by atoms with E-state index < -0.39 is 0 Å². The van der Waals surface area contributed by atoms with Crippen LogP contribution in [0.4, 0.5) is 4.39 Å². The maximum Gasteiger partial charge on any atom is 0.213 e.